The highest BCUT2D eigenvalue weighted by Crippen LogP contribution is 2.26. The number of rotatable bonds is 8. The van der Waals surface area contributed by atoms with Crippen LogP contribution in [0.25, 0.3) is 0 Å². The number of benzene rings is 2. The van der Waals surface area contributed by atoms with Crippen molar-refractivity contribution in [1.82, 2.24) is 0 Å². The van der Waals surface area contributed by atoms with Crippen molar-refractivity contribution in [3.05, 3.63) is 63.7 Å². The molecule has 2 aromatic carbocycles. The van der Waals surface area contributed by atoms with Crippen LogP contribution in [0.5, 0.6) is 0 Å². The number of hydrogen-bond acceptors (Lipinski definition) is 5. The van der Waals surface area contributed by atoms with Gasteiger partial charge in [-0.15, -0.1) is 0 Å². The zero-order chi connectivity index (χ0) is 18.2. The molecule has 0 radical (unpaired) electrons. The second-order valence-electron chi connectivity index (χ2n) is 5.41. The summed E-state index contributed by atoms with van der Waals surface area (Å²) in [6, 6.07) is 11.8. The number of ether oxygens (including phenoxy) is 1. The molecule has 25 heavy (non-hydrogen) atoms. The quantitative estimate of drug-likeness (QED) is 0.435. The molecule has 7 nitrogen and oxygen atoms in total. The minimum absolute atomic E-state index is 0.148. The number of carbonyl (C=O) groups is 1. The van der Waals surface area contributed by atoms with Crippen LogP contribution in [0.2, 0.25) is 0 Å². The third-order valence-corrected chi connectivity index (χ3v) is 3.70. The van der Waals surface area contributed by atoms with Gasteiger partial charge in [-0.1, -0.05) is 19.1 Å². The molecule has 0 heterocycles. The van der Waals surface area contributed by atoms with Crippen molar-refractivity contribution in [2.75, 3.05) is 30.9 Å². The van der Waals surface area contributed by atoms with Crippen LogP contribution in [0.3, 0.4) is 0 Å². The summed E-state index contributed by atoms with van der Waals surface area (Å²) in [4.78, 5) is 23.1. The van der Waals surface area contributed by atoms with Crippen molar-refractivity contribution in [3.63, 3.8) is 0 Å². The lowest BCUT2D eigenvalue weighted by molar-refractivity contribution is -0.384. The second-order valence-corrected chi connectivity index (χ2v) is 5.41. The van der Waals surface area contributed by atoms with Crippen molar-refractivity contribution in [1.29, 1.82) is 0 Å². The molecule has 1 amide bonds. The Morgan fingerprint density at radius 2 is 1.92 bits per heavy atom. The monoisotopic (exact) mass is 343 g/mol. The third kappa shape index (κ3) is 5.02. The molecule has 0 aliphatic carbocycles. The van der Waals surface area contributed by atoms with E-state index in [0.29, 0.717) is 24.5 Å². The number of hydrogen-bond donors (Lipinski definition) is 2. The van der Waals surface area contributed by atoms with E-state index in [9.17, 15) is 14.9 Å². The highest BCUT2D eigenvalue weighted by molar-refractivity contribution is 6.05. The Kier molecular flexibility index (Phi) is 6.47. The molecule has 132 valence electrons. The minimum Gasteiger partial charge on any atom is -0.383 e. The van der Waals surface area contributed by atoms with Crippen molar-refractivity contribution in [2.24, 2.45) is 0 Å². The van der Waals surface area contributed by atoms with E-state index in [0.717, 1.165) is 6.42 Å². The number of nitro benzene ring substituents is 1. The molecular formula is C18H21N3O4. The van der Waals surface area contributed by atoms with E-state index in [2.05, 4.69) is 17.6 Å². The van der Waals surface area contributed by atoms with Gasteiger partial charge in [0, 0.05) is 31.0 Å². The van der Waals surface area contributed by atoms with E-state index in [1.54, 1.807) is 13.2 Å². The lowest BCUT2D eigenvalue weighted by atomic mass is 10.1. The molecule has 7 heteroatoms. The minimum atomic E-state index is -0.512. The molecule has 0 aliphatic rings. The van der Waals surface area contributed by atoms with Crippen LogP contribution >= 0.6 is 0 Å². The normalized spacial score (nSPS) is 10.3. The predicted molar refractivity (Wildman–Crippen MR) is 97.2 cm³/mol. The number of amides is 1. The molecule has 0 fully saturated rings. The highest BCUT2D eigenvalue weighted by atomic mass is 16.6. The van der Waals surface area contributed by atoms with Gasteiger partial charge >= 0.3 is 0 Å². The van der Waals surface area contributed by atoms with Gasteiger partial charge in [-0.25, -0.2) is 0 Å². The summed E-state index contributed by atoms with van der Waals surface area (Å²) in [6.45, 7) is 2.91. The Balaban J connectivity index is 2.15. The highest BCUT2D eigenvalue weighted by Gasteiger charge is 2.17. The molecule has 0 spiro atoms. The van der Waals surface area contributed by atoms with Gasteiger partial charge in [-0.2, -0.15) is 0 Å². The van der Waals surface area contributed by atoms with E-state index in [1.807, 2.05) is 24.3 Å². The first kappa shape index (κ1) is 18.4. The fraction of sp³-hybridized carbons (Fsp3) is 0.278. The molecule has 2 N–H and O–H groups in total. The number of methoxy groups -OCH3 is 1. The van der Waals surface area contributed by atoms with Crippen LogP contribution in [0.4, 0.5) is 17.1 Å². The summed E-state index contributed by atoms with van der Waals surface area (Å²) < 4.78 is 4.91. The predicted octanol–water partition coefficient (Wildman–Crippen LogP) is 3.47. The Labute approximate surface area is 146 Å². The summed E-state index contributed by atoms with van der Waals surface area (Å²) in [5.41, 5.74) is 2.24. The Bertz CT molecular complexity index is 744. The molecule has 0 saturated heterocycles. The summed E-state index contributed by atoms with van der Waals surface area (Å²) in [5, 5.41) is 16.9. The maximum Gasteiger partial charge on any atom is 0.293 e. The molecule has 0 unspecified atom stereocenters. The van der Waals surface area contributed by atoms with Gasteiger partial charge in [0.25, 0.3) is 11.6 Å². The Morgan fingerprint density at radius 1 is 1.20 bits per heavy atom. The van der Waals surface area contributed by atoms with Gasteiger partial charge in [0.1, 0.15) is 5.69 Å². The number of anilines is 2. The second kappa shape index (κ2) is 8.79. The largest absolute Gasteiger partial charge is 0.383 e. The standard InChI is InChI=1S/C18H21N3O4/c1-3-13-4-7-15(8-5-13)20-18(22)14-6-9-16(19-10-11-25-2)17(12-14)21(23)24/h4-9,12,19H,3,10-11H2,1-2H3,(H,20,22). The third-order valence-electron chi connectivity index (χ3n) is 3.70. The lowest BCUT2D eigenvalue weighted by Gasteiger charge is -2.09. The zero-order valence-corrected chi connectivity index (χ0v) is 14.2. The van der Waals surface area contributed by atoms with Crippen LogP contribution in [0.1, 0.15) is 22.8 Å². The SMILES string of the molecule is CCc1ccc(NC(=O)c2ccc(NCCOC)c([N+](=O)[O-])c2)cc1. The van der Waals surface area contributed by atoms with Crippen LogP contribution in [0, 0.1) is 10.1 Å². The van der Waals surface area contributed by atoms with Gasteiger partial charge in [-0.05, 0) is 36.2 Å². The number of nitrogens with zero attached hydrogens (tertiary/aromatic N) is 1. The molecule has 2 aromatic rings. The van der Waals surface area contributed by atoms with E-state index >= 15 is 0 Å². The van der Waals surface area contributed by atoms with Gasteiger partial charge in [-0.3, -0.25) is 14.9 Å². The van der Waals surface area contributed by atoms with Crippen molar-refractivity contribution in [3.8, 4) is 0 Å². The molecule has 0 aromatic heterocycles. The van der Waals surface area contributed by atoms with Gasteiger partial charge in [0.15, 0.2) is 0 Å². The summed E-state index contributed by atoms with van der Waals surface area (Å²) in [5.74, 6) is -0.393. The summed E-state index contributed by atoms with van der Waals surface area (Å²) >= 11 is 0. The average molecular weight is 343 g/mol. The van der Waals surface area contributed by atoms with Gasteiger partial charge in [0.05, 0.1) is 11.5 Å². The molecule has 0 saturated carbocycles. The van der Waals surface area contributed by atoms with Crippen LogP contribution in [-0.4, -0.2) is 31.1 Å². The number of carbonyl (C=O) groups excluding carboxylic acids is 1. The van der Waals surface area contributed by atoms with Gasteiger partial charge < -0.3 is 15.4 Å². The molecule has 0 atom stereocenters. The number of nitro groups is 1. The maximum atomic E-state index is 12.3. The lowest BCUT2D eigenvalue weighted by Crippen LogP contribution is -2.13. The van der Waals surface area contributed by atoms with Crippen molar-refractivity contribution in [2.45, 2.75) is 13.3 Å². The summed E-state index contributed by atoms with van der Waals surface area (Å²) in [6.07, 6.45) is 0.915. The zero-order valence-electron chi connectivity index (χ0n) is 14.2. The topological polar surface area (TPSA) is 93.5 Å². The van der Waals surface area contributed by atoms with Crippen LogP contribution in [0.15, 0.2) is 42.5 Å². The summed E-state index contributed by atoms with van der Waals surface area (Å²) in [7, 11) is 1.55. The number of nitrogens with one attached hydrogen (secondary N) is 2. The molecule has 2 rings (SSSR count). The first-order chi connectivity index (χ1) is 12.0. The smallest absolute Gasteiger partial charge is 0.293 e. The fourth-order valence-electron chi connectivity index (χ4n) is 2.29. The van der Waals surface area contributed by atoms with Crippen molar-refractivity contribution >= 4 is 23.0 Å². The van der Waals surface area contributed by atoms with Crippen LogP contribution in [-0.2, 0) is 11.2 Å². The average Bonchev–Trinajstić information content (AvgIpc) is 2.62. The van der Waals surface area contributed by atoms with Gasteiger partial charge in [0.2, 0.25) is 0 Å². The molecular weight excluding hydrogens is 322 g/mol. The first-order valence-electron chi connectivity index (χ1n) is 7.96. The first-order valence-corrected chi connectivity index (χ1v) is 7.96. The van der Waals surface area contributed by atoms with E-state index in [1.165, 1.54) is 17.7 Å². The van der Waals surface area contributed by atoms with Crippen LogP contribution < -0.4 is 10.6 Å². The number of aryl methyl sites for hydroxylation is 1. The van der Waals surface area contributed by atoms with E-state index < -0.39 is 10.8 Å². The fourth-order valence-corrected chi connectivity index (χ4v) is 2.29. The maximum absolute atomic E-state index is 12.3. The van der Waals surface area contributed by atoms with E-state index in [4.69, 9.17) is 4.74 Å². The Hall–Kier alpha value is -2.93. The molecule has 0 aliphatic heterocycles. The van der Waals surface area contributed by atoms with E-state index in [-0.39, 0.29) is 11.3 Å². The van der Waals surface area contributed by atoms with Crippen molar-refractivity contribution < 1.29 is 14.5 Å². The molecule has 0 bridgehead atoms. The Morgan fingerprint density at radius 3 is 2.52 bits per heavy atom.